The van der Waals surface area contributed by atoms with Crippen molar-refractivity contribution in [3.8, 4) is 0 Å². The summed E-state index contributed by atoms with van der Waals surface area (Å²) in [5.74, 6) is 0.0970. The maximum atomic E-state index is 12.5. The second kappa shape index (κ2) is 12.9. The summed E-state index contributed by atoms with van der Waals surface area (Å²) in [5, 5.41) is 10.3. The van der Waals surface area contributed by atoms with Gasteiger partial charge in [0.2, 0.25) is 11.8 Å². The first-order valence-corrected chi connectivity index (χ1v) is 15.1. The van der Waals surface area contributed by atoms with Crippen LogP contribution in [0.4, 0.5) is 11.4 Å². The molecule has 0 bridgehead atoms. The Morgan fingerprint density at radius 2 is 0.905 bits per heavy atom. The van der Waals surface area contributed by atoms with Crippen LogP contribution in [0.25, 0.3) is 43.9 Å². The molecule has 0 spiro atoms. The molecule has 2 heterocycles. The Kier molecular flexibility index (Phi) is 8.50. The van der Waals surface area contributed by atoms with E-state index in [1.165, 1.54) is 0 Å². The van der Waals surface area contributed by atoms with Crippen molar-refractivity contribution in [2.75, 3.05) is 10.6 Å². The molecule has 2 N–H and O–H groups in total. The average Bonchev–Trinajstić information content (AvgIpc) is 3.55. The van der Waals surface area contributed by atoms with E-state index in [-0.39, 0.29) is 11.8 Å². The largest absolute Gasteiger partial charge is 0.456 e. The molecule has 0 fully saturated rings. The van der Waals surface area contributed by atoms with Crippen molar-refractivity contribution in [3.63, 3.8) is 0 Å². The Morgan fingerprint density at radius 3 is 1.55 bits per heavy atom. The van der Waals surface area contributed by atoms with Gasteiger partial charge in [-0.1, -0.05) is 74.9 Å². The molecule has 6 heteroatoms. The van der Waals surface area contributed by atoms with Gasteiger partial charge in [0.1, 0.15) is 22.3 Å². The minimum absolute atomic E-state index is 0.0433. The van der Waals surface area contributed by atoms with E-state index in [0.29, 0.717) is 12.8 Å². The minimum atomic E-state index is 0.0433. The number of anilines is 2. The first kappa shape index (κ1) is 27.6. The fraction of sp³-hybridized carbons (Fsp3) is 0.278. The molecule has 0 radical (unpaired) electrons. The highest BCUT2D eigenvalue weighted by Gasteiger charge is 2.10. The predicted molar refractivity (Wildman–Crippen MR) is 171 cm³/mol. The third kappa shape index (κ3) is 6.49. The van der Waals surface area contributed by atoms with Crippen LogP contribution in [0, 0.1) is 0 Å². The van der Waals surface area contributed by atoms with Gasteiger partial charge in [-0.2, -0.15) is 0 Å². The lowest BCUT2D eigenvalue weighted by Crippen LogP contribution is -2.11. The van der Waals surface area contributed by atoms with Crippen LogP contribution < -0.4 is 10.6 Å². The van der Waals surface area contributed by atoms with Gasteiger partial charge in [0.25, 0.3) is 0 Å². The van der Waals surface area contributed by atoms with Gasteiger partial charge in [-0.15, -0.1) is 0 Å². The number of benzene rings is 4. The number of rotatable bonds is 13. The highest BCUT2D eigenvalue weighted by molar-refractivity contribution is 6.07. The lowest BCUT2D eigenvalue weighted by atomic mass is 10.1. The standard InChI is InChI=1S/C36H36N2O4/c39-35(37-25-20-22-33-30(23-25)28-14-10-12-16-32(28)41-33)17-7-5-3-1-2-4-6-8-18-36(40)38-26-19-21-29-27-13-9-11-15-31(27)42-34(29)24-26/h9-16,19-24H,1-8,17-18H2,(H,37,39)(H,38,40). The van der Waals surface area contributed by atoms with Gasteiger partial charge in [0.05, 0.1) is 0 Å². The number of carbonyl (C=O) groups is 2. The topological polar surface area (TPSA) is 84.5 Å². The summed E-state index contributed by atoms with van der Waals surface area (Å²) in [6.45, 7) is 0. The van der Waals surface area contributed by atoms with Gasteiger partial charge in [-0.3, -0.25) is 9.59 Å². The normalized spacial score (nSPS) is 11.5. The summed E-state index contributed by atoms with van der Waals surface area (Å²) in [6, 6.07) is 27.6. The smallest absolute Gasteiger partial charge is 0.224 e. The van der Waals surface area contributed by atoms with Gasteiger partial charge in [0.15, 0.2) is 0 Å². The summed E-state index contributed by atoms with van der Waals surface area (Å²) < 4.78 is 11.8. The molecule has 6 aromatic rings. The number of fused-ring (bicyclic) bond motifs is 6. The van der Waals surface area contributed by atoms with Crippen molar-refractivity contribution < 1.29 is 18.4 Å². The van der Waals surface area contributed by atoms with Crippen LogP contribution in [0.15, 0.2) is 93.8 Å². The molecule has 0 aliphatic carbocycles. The number of carbonyl (C=O) groups excluding carboxylic acids is 2. The number of para-hydroxylation sites is 2. The molecular weight excluding hydrogens is 524 g/mol. The molecule has 214 valence electrons. The first-order valence-electron chi connectivity index (χ1n) is 15.1. The second-order valence-electron chi connectivity index (χ2n) is 11.0. The number of hydrogen-bond acceptors (Lipinski definition) is 4. The van der Waals surface area contributed by atoms with E-state index >= 15 is 0 Å². The first-order chi connectivity index (χ1) is 20.6. The van der Waals surface area contributed by atoms with Crippen molar-refractivity contribution in [3.05, 3.63) is 84.9 Å². The molecule has 0 atom stereocenters. The molecule has 6 rings (SSSR count). The fourth-order valence-electron chi connectivity index (χ4n) is 5.69. The number of unbranched alkanes of at least 4 members (excludes halogenated alkanes) is 7. The fourth-order valence-corrected chi connectivity index (χ4v) is 5.69. The Balaban J connectivity index is 0.820. The quantitative estimate of drug-likeness (QED) is 0.138. The van der Waals surface area contributed by atoms with Crippen LogP contribution in [0.5, 0.6) is 0 Å². The lowest BCUT2D eigenvalue weighted by Gasteiger charge is -2.06. The van der Waals surface area contributed by atoms with E-state index < -0.39 is 0 Å². The molecule has 0 unspecified atom stereocenters. The summed E-state index contributed by atoms with van der Waals surface area (Å²) in [6.07, 6.45) is 9.52. The molecular formula is C36H36N2O4. The zero-order valence-corrected chi connectivity index (χ0v) is 23.8. The Bertz CT molecular complexity index is 1850. The highest BCUT2D eigenvalue weighted by atomic mass is 16.3. The molecule has 0 aliphatic rings. The Morgan fingerprint density at radius 1 is 0.452 bits per heavy atom. The van der Waals surface area contributed by atoms with Crippen molar-refractivity contribution >= 4 is 67.1 Å². The van der Waals surface area contributed by atoms with Crippen molar-refractivity contribution in [2.45, 2.75) is 64.2 Å². The average molecular weight is 561 g/mol. The van der Waals surface area contributed by atoms with Gasteiger partial charge in [0, 0.05) is 51.8 Å². The molecule has 42 heavy (non-hydrogen) atoms. The van der Waals surface area contributed by atoms with Crippen LogP contribution in [0.1, 0.15) is 64.2 Å². The lowest BCUT2D eigenvalue weighted by molar-refractivity contribution is -0.117. The van der Waals surface area contributed by atoms with Crippen LogP contribution >= 0.6 is 0 Å². The van der Waals surface area contributed by atoms with Crippen LogP contribution in [-0.2, 0) is 9.59 Å². The zero-order valence-electron chi connectivity index (χ0n) is 23.8. The van der Waals surface area contributed by atoms with Crippen molar-refractivity contribution in [1.29, 1.82) is 0 Å². The SMILES string of the molecule is O=C(CCCCCCCCCCC(=O)Nc1ccc2oc3ccccc3c2c1)Nc1ccc2c(c1)oc1ccccc12. The molecule has 0 saturated carbocycles. The summed E-state index contributed by atoms with van der Waals surface area (Å²) in [4.78, 5) is 24.9. The zero-order chi connectivity index (χ0) is 28.7. The van der Waals surface area contributed by atoms with E-state index in [9.17, 15) is 9.59 Å². The van der Waals surface area contributed by atoms with E-state index in [2.05, 4.69) is 10.6 Å². The van der Waals surface area contributed by atoms with Crippen LogP contribution in [-0.4, -0.2) is 11.8 Å². The Hall–Kier alpha value is -4.58. The number of nitrogens with one attached hydrogen (secondary N) is 2. The molecule has 4 aromatic carbocycles. The van der Waals surface area contributed by atoms with E-state index in [0.717, 1.165) is 107 Å². The molecule has 0 saturated heterocycles. The summed E-state index contributed by atoms with van der Waals surface area (Å²) in [5.41, 5.74) is 4.91. The van der Waals surface area contributed by atoms with Crippen molar-refractivity contribution in [2.24, 2.45) is 0 Å². The maximum absolute atomic E-state index is 12.5. The van der Waals surface area contributed by atoms with Crippen LogP contribution in [0.2, 0.25) is 0 Å². The summed E-state index contributed by atoms with van der Waals surface area (Å²) in [7, 11) is 0. The van der Waals surface area contributed by atoms with E-state index in [1.54, 1.807) is 0 Å². The van der Waals surface area contributed by atoms with E-state index in [1.807, 2.05) is 84.9 Å². The van der Waals surface area contributed by atoms with Gasteiger partial charge >= 0.3 is 0 Å². The molecule has 2 amide bonds. The van der Waals surface area contributed by atoms with Crippen LogP contribution in [0.3, 0.4) is 0 Å². The van der Waals surface area contributed by atoms with Gasteiger partial charge in [-0.05, 0) is 55.3 Å². The van der Waals surface area contributed by atoms with Crippen molar-refractivity contribution in [1.82, 2.24) is 0 Å². The number of hydrogen-bond donors (Lipinski definition) is 2. The monoisotopic (exact) mass is 560 g/mol. The minimum Gasteiger partial charge on any atom is -0.456 e. The second-order valence-corrected chi connectivity index (χ2v) is 11.0. The number of amides is 2. The summed E-state index contributed by atoms with van der Waals surface area (Å²) >= 11 is 0. The molecule has 0 aliphatic heterocycles. The predicted octanol–water partition coefficient (Wildman–Crippen LogP) is 9.96. The maximum Gasteiger partial charge on any atom is 0.224 e. The molecule has 2 aromatic heterocycles. The highest BCUT2D eigenvalue weighted by Crippen LogP contribution is 2.31. The van der Waals surface area contributed by atoms with Gasteiger partial charge in [-0.25, -0.2) is 0 Å². The third-order valence-corrected chi connectivity index (χ3v) is 7.88. The van der Waals surface area contributed by atoms with E-state index in [4.69, 9.17) is 8.83 Å². The molecule has 6 nitrogen and oxygen atoms in total. The third-order valence-electron chi connectivity index (χ3n) is 7.88. The number of furan rings is 2. The van der Waals surface area contributed by atoms with Gasteiger partial charge < -0.3 is 19.5 Å². The Labute approximate surface area is 245 Å².